The maximum atomic E-state index is 11.1. The fraction of sp³-hybridized carbons (Fsp3) is 0.364. The van der Waals surface area contributed by atoms with Crippen molar-refractivity contribution in [2.75, 3.05) is 13.7 Å². The van der Waals surface area contributed by atoms with Gasteiger partial charge in [0.2, 0.25) is 5.91 Å². The summed E-state index contributed by atoms with van der Waals surface area (Å²) in [6, 6.07) is 5.21. The molecular weight excluding hydrogens is 192 g/mol. The summed E-state index contributed by atoms with van der Waals surface area (Å²) in [4.78, 5) is 11.1. The highest BCUT2D eigenvalue weighted by Crippen LogP contribution is 2.16. The van der Waals surface area contributed by atoms with Crippen molar-refractivity contribution in [3.05, 3.63) is 34.9 Å². The molecule has 4 heteroatoms. The molecule has 4 N–H and O–H groups in total. The number of hydrogen-bond acceptors (Lipinski definition) is 3. The van der Waals surface area contributed by atoms with Crippen LogP contribution in [0.2, 0.25) is 0 Å². The summed E-state index contributed by atoms with van der Waals surface area (Å²) in [6.07, 6.45) is 0. The highest BCUT2D eigenvalue weighted by molar-refractivity contribution is 5.94. The first-order chi connectivity index (χ1) is 7.06. The van der Waals surface area contributed by atoms with E-state index in [2.05, 4.69) is 0 Å². The van der Waals surface area contributed by atoms with Crippen LogP contribution in [0, 0.1) is 6.92 Å². The van der Waals surface area contributed by atoms with Gasteiger partial charge in [0.1, 0.15) is 0 Å². The number of carbonyl (C=O) groups is 1. The molecule has 0 aromatic heterocycles. The van der Waals surface area contributed by atoms with E-state index in [-0.39, 0.29) is 6.04 Å². The Bertz CT molecular complexity index is 364. The summed E-state index contributed by atoms with van der Waals surface area (Å²) in [5.41, 5.74) is 13.3. The van der Waals surface area contributed by atoms with E-state index in [0.29, 0.717) is 12.2 Å². The number of hydrogen-bond donors (Lipinski definition) is 2. The van der Waals surface area contributed by atoms with Crippen molar-refractivity contribution < 1.29 is 9.53 Å². The molecule has 0 saturated carbocycles. The van der Waals surface area contributed by atoms with Crippen LogP contribution >= 0.6 is 0 Å². The first-order valence-corrected chi connectivity index (χ1v) is 4.71. The maximum absolute atomic E-state index is 11.1. The Kier molecular flexibility index (Phi) is 3.82. The standard InChI is InChI=1S/C11H16N2O2/c1-7-3-4-8(10(12)6-15-2)5-9(7)11(13)14/h3-5,10H,6,12H2,1-2H3,(H2,13,14)/t10-/m0/s1. The second kappa shape index (κ2) is 4.91. The molecule has 0 aliphatic carbocycles. The first kappa shape index (κ1) is 11.7. The molecule has 1 atom stereocenters. The molecule has 1 amide bonds. The number of ether oxygens (including phenoxy) is 1. The smallest absolute Gasteiger partial charge is 0.248 e. The van der Waals surface area contributed by atoms with Crippen molar-refractivity contribution in [3.63, 3.8) is 0 Å². The molecule has 1 aromatic rings. The molecule has 0 spiro atoms. The van der Waals surface area contributed by atoms with E-state index in [4.69, 9.17) is 16.2 Å². The second-order valence-electron chi connectivity index (χ2n) is 3.50. The molecule has 0 bridgehead atoms. The monoisotopic (exact) mass is 208 g/mol. The zero-order valence-corrected chi connectivity index (χ0v) is 8.99. The van der Waals surface area contributed by atoms with E-state index in [0.717, 1.165) is 11.1 Å². The number of benzene rings is 1. The van der Waals surface area contributed by atoms with E-state index in [1.165, 1.54) is 0 Å². The summed E-state index contributed by atoms with van der Waals surface area (Å²) in [6.45, 7) is 2.26. The summed E-state index contributed by atoms with van der Waals surface area (Å²) >= 11 is 0. The zero-order valence-electron chi connectivity index (χ0n) is 8.99. The Labute approximate surface area is 89.2 Å². The number of nitrogens with two attached hydrogens (primary N) is 2. The van der Waals surface area contributed by atoms with Crippen LogP contribution in [0.3, 0.4) is 0 Å². The average molecular weight is 208 g/mol. The van der Waals surface area contributed by atoms with E-state index in [1.54, 1.807) is 13.2 Å². The quantitative estimate of drug-likeness (QED) is 0.766. The molecule has 0 heterocycles. The van der Waals surface area contributed by atoms with Gasteiger partial charge in [-0.2, -0.15) is 0 Å². The lowest BCUT2D eigenvalue weighted by Crippen LogP contribution is -2.18. The summed E-state index contributed by atoms with van der Waals surface area (Å²) in [5.74, 6) is -0.432. The number of aryl methyl sites for hydroxylation is 1. The Morgan fingerprint density at radius 3 is 2.73 bits per heavy atom. The van der Waals surface area contributed by atoms with Crippen LogP contribution in [0.1, 0.15) is 27.5 Å². The number of amides is 1. The minimum Gasteiger partial charge on any atom is -0.383 e. The van der Waals surface area contributed by atoms with Crippen LogP contribution in [0.4, 0.5) is 0 Å². The summed E-state index contributed by atoms with van der Waals surface area (Å²) in [7, 11) is 1.59. The van der Waals surface area contributed by atoms with Gasteiger partial charge in [-0.1, -0.05) is 12.1 Å². The lowest BCUT2D eigenvalue weighted by molar-refractivity contribution is 0.0999. The van der Waals surface area contributed by atoms with Gasteiger partial charge in [0.15, 0.2) is 0 Å². The largest absolute Gasteiger partial charge is 0.383 e. The molecule has 1 rings (SSSR count). The second-order valence-corrected chi connectivity index (χ2v) is 3.50. The molecule has 0 radical (unpaired) electrons. The Balaban J connectivity index is 3.02. The predicted molar refractivity (Wildman–Crippen MR) is 58.5 cm³/mol. The highest BCUT2D eigenvalue weighted by atomic mass is 16.5. The van der Waals surface area contributed by atoms with Crippen molar-refractivity contribution in [3.8, 4) is 0 Å². The van der Waals surface area contributed by atoms with Gasteiger partial charge in [-0.25, -0.2) is 0 Å². The van der Waals surface area contributed by atoms with Crippen LogP contribution in [0.5, 0.6) is 0 Å². The van der Waals surface area contributed by atoms with Crippen LogP contribution in [0.25, 0.3) is 0 Å². The van der Waals surface area contributed by atoms with Crippen molar-refractivity contribution in [1.82, 2.24) is 0 Å². The molecule has 0 aliphatic rings. The number of rotatable bonds is 4. The number of primary amides is 1. The molecule has 0 saturated heterocycles. The lowest BCUT2D eigenvalue weighted by Gasteiger charge is -2.12. The van der Waals surface area contributed by atoms with Crippen molar-refractivity contribution in [1.29, 1.82) is 0 Å². The van der Waals surface area contributed by atoms with E-state index in [1.807, 2.05) is 19.1 Å². The predicted octanol–water partition coefficient (Wildman–Crippen LogP) is 0.740. The number of methoxy groups -OCH3 is 1. The molecule has 1 aromatic carbocycles. The molecular formula is C11H16N2O2. The van der Waals surface area contributed by atoms with Crippen molar-refractivity contribution in [2.45, 2.75) is 13.0 Å². The third kappa shape index (κ3) is 2.78. The van der Waals surface area contributed by atoms with Crippen molar-refractivity contribution in [2.24, 2.45) is 11.5 Å². The minimum atomic E-state index is -0.432. The molecule has 4 nitrogen and oxygen atoms in total. The molecule has 82 valence electrons. The Morgan fingerprint density at radius 2 is 2.20 bits per heavy atom. The van der Waals surface area contributed by atoms with Gasteiger partial charge in [0.25, 0.3) is 0 Å². The lowest BCUT2D eigenvalue weighted by atomic mass is 10.0. The van der Waals surface area contributed by atoms with Crippen LogP contribution in [-0.2, 0) is 4.74 Å². The van der Waals surface area contributed by atoms with E-state index < -0.39 is 5.91 Å². The molecule has 15 heavy (non-hydrogen) atoms. The van der Waals surface area contributed by atoms with Gasteiger partial charge >= 0.3 is 0 Å². The van der Waals surface area contributed by atoms with Gasteiger partial charge < -0.3 is 16.2 Å². The normalized spacial score (nSPS) is 12.5. The Morgan fingerprint density at radius 1 is 1.53 bits per heavy atom. The van der Waals surface area contributed by atoms with E-state index in [9.17, 15) is 4.79 Å². The van der Waals surface area contributed by atoms with Gasteiger partial charge in [0.05, 0.1) is 12.6 Å². The SMILES string of the molecule is COC[C@H](N)c1ccc(C)c(C(N)=O)c1. The minimum absolute atomic E-state index is 0.228. The maximum Gasteiger partial charge on any atom is 0.248 e. The molecule has 0 fully saturated rings. The first-order valence-electron chi connectivity index (χ1n) is 4.71. The van der Waals surface area contributed by atoms with Crippen LogP contribution in [0.15, 0.2) is 18.2 Å². The van der Waals surface area contributed by atoms with Crippen LogP contribution in [-0.4, -0.2) is 19.6 Å². The van der Waals surface area contributed by atoms with Gasteiger partial charge in [-0.15, -0.1) is 0 Å². The third-order valence-corrected chi connectivity index (χ3v) is 2.30. The van der Waals surface area contributed by atoms with Gasteiger partial charge in [-0.3, -0.25) is 4.79 Å². The van der Waals surface area contributed by atoms with E-state index >= 15 is 0 Å². The van der Waals surface area contributed by atoms with Crippen molar-refractivity contribution >= 4 is 5.91 Å². The van der Waals surface area contributed by atoms with Gasteiger partial charge in [-0.05, 0) is 24.1 Å². The molecule has 0 aliphatic heterocycles. The topological polar surface area (TPSA) is 78.3 Å². The summed E-state index contributed by atoms with van der Waals surface area (Å²) < 4.78 is 4.95. The third-order valence-electron chi connectivity index (χ3n) is 2.30. The fourth-order valence-electron chi connectivity index (χ4n) is 1.41. The fourth-order valence-corrected chi connectivity index (χ4v) is 1.41. The van der Waals surface area contributed by atoms with Crippen LogP contribution < -0.4 is 11.5 Å². The average Bonchev–Trinajstić information content (AvgIpc) is 2.18. The zero-order chi connectivity index (χ0) is 11.4. The molecule has 0 unspecified atom stereocenters. The number of carbonyl (C=O) groups excluding carboxylic acids is 1. The summed E-state index contributed by atoms with van der Waals surface area (Å²) in [5, 5.41) is 0. The highest BCUT2D eigenvalue weighted by Gasteiger charge is 2.10. The Hall–Kier alpha value is -1.39. The van der Waals surface area contributed by atoms with Gasteiger partial charge in [0, 0.05) is 12.7 Å².